The summed E-state index contributed by atoms with van der Waals surface area (Å²) in [5.74, 6) is -0.167. The molecule has 1 N–H and O–H groups in total. The molecule has 0 saturated heterocycles. The maximum Gasteiger partial charge on any atom is 0.178 e. The zero-order chi connectivity index (χ0) is 13.7. The van der Waals surface area contributed by atoms with Gasteiger partial charge in [-0.05, 0) is 18.7 Å². The number of carbonyl (C=O) groups is 1. The number of hydrogen-bond acceptors (Lipinski definition) is 3. The molecule has 0 unspecified atom stereocenters. The molecule has 0 heterocycles. The Bertz CT molecular complexity index is 440. The van der Waals surface area contributed by atoms with Crippen LogP contribution >= 0.6 is 47.2 Å². The smallest absolute Gasteiger partial charge is 0.178 e. The van der Waals surface area contributed by atoms with Crippen molar-refractivity contribution >= 4 is 53.0 Å². The van der Waals surface area contributed by atoms with E-state index in [4.69, 9.17) is 39.9 Å². The number of halogens is 4. The first-order valence-corrected chi connectivity index (χ1v) is 6.64. The number of Topliss-reactive ketones (excluding diaryl/α,β-unsaturated/α-hetero) is 1. The van der Waals surface area contributed by atoms with Crippen LogP contribution in [0.2, 0.25) is 15.1 Å². The van der Waals surface area contributed by atoms with Crippen LogP contribution in [0.25, 0.3) is 0 Å². The fourth-order valence-corrected chi connectivity index (χ4v) is 2.25. The predicted molar refractivity (Wildman–Crippen MR) is 82.3 cm³/mol. The average molecular weight is 347 g/mol. The van der Waals surface area contributed by atoms with E-state index in [-0.39, 0.29) is 41.4 Å². The lowest BCUT2D eigenvalue weighted by atomic mass is 10.1. The van der Waals surface area contributed by atoms with Crippen molar-refractivity contribution in [3.63, 3.8) is 0 Å². The van der Waals surface area contributed by atoms with Crippen LogP contribution in [0.1, 0.15) is 17.3 Å². The standard InChI is InChI=1S/C12H14Cl3NO2.ClH/c1-2-16(3-4-17)7-11(18)9-5-8(13)6-10(14)12(9)15;/h5-6,17H,2-4,7H2,1H3;1H. The minimum Gasteiger partial charge on any atom is -0.395 e. The van der Waals surface area contributed by atoms with E-state index in [1.807, 2.05) is 11.8 Å². The highest BCUT2D eigenvalue weighted by molar-refractivity contribution is 6.45. The number of benzene rings is 1. The third kappa shape index (κ3) is 5.46. The van der Waals surface area contributed by atoms with Gasteiger partial charge in [0.25, 0.3) is 0 Å². The number of hydrogen-bond donors (Lipinski definition) is 1. The molecule has 0 radical (unpaired) electrons. The molecule has 1 rings (SSSR count). The Labute approximate surface area is 133 Å². The van der Waals surface area contributed by atoms with Gasteiger partial charge in [0.1, 0.15) is 0 Å². The lowest BCUT2D eigenvalue weighted by Crippen LogP contribution is -2.32. The van der Waals surface area contributed by atoms with Crippen LogP contribution in [0.4, 0.5) is 0 Å². The summed E-state index contributed by atoms with van der Waals surface area (Å²) in [5.41, 5.74) is 0.311. The molecule has 0 saturated carbocycles. The Hall–Kier alpha value is -0.0300. The Balaban J connectivity index is 0.00000324. The van der Waals surface area contributed by atoms with Crippen molar-refractivity contribution < 1.29 is 9.90 Å². The minimum absolute atomic E-state index is 0. The third-order valence-corrected chi connectivity index (χ3v) is 3.54. The molecular formula is C12H15Cl4NO2. The molecule has 0 atom stereocenters. The topological polar surface area (TPSA) is 40.5 Å². The lowest BCUT2D eigenvalue weighted by Gasteiger charge is -2.18. The third-order valence-electron chi connectivity index (χ3n) is 2.52. The Morgan fingerprint density at radius 3 is 2.47 bits per heavy atom. The molecule has 0 aliphatic heterocycles. The number of nitrogens with zero attached hydrogens (tertiary/aromatic N) is 1. The SMILES string of the molecule is CCN(CCO)CC(=O)c1cc(Cl)cc(Cl)c1Cl.Cl. The average Bonchev–Trinajstić information content (AvgIpc) is 2.32. The van der Waals surface area contributed by atoms with Crippen molar-refractivity contribution in [2.24, 2.45) is 0 Å². The summed E-state index contributed by atoms with van der Waals surface area (Å²) in [6, 6.07) is 3.00. The van der Waals surface area contributed by atoms with E-state index < -0.39 is 0 Å². The van der Waals surface area contributed by atoms with Gasteiger partial charge in [-0.25, -0.2) is 0 Å². The second kappa shape index (κ2) is 9.01. The number of carbonyl (C=O) groups excluding carboxylic acids is 1. The first-order chi connectivity index (χ1) is 8.49. The minimum atomic E-state index is -0.167. The van der Waals surface area contributed by atoms with Crippen LogP contribution in [0.15, 0.2) is 12.1 Å². The van der Waals surface area contributed by atoms with Crippen molar-refractivity contribution in [1.29, 1.82) is 0 Å². The Morgan fingerprint density at radius 1 is 1.32 bits per heavy atom. The summed E-state index contributed by atoms with van der Waals surface area (Å²) < 4.78 is 0. The molecule has 0 bridgehead atoms. The molecular weight excluding hydrogens is 332 g/mol. The molecule has 7 heteroatoms. The maximum absolute atomic E-state index is 12.1. The van der Waals surface area contributed by atoms with E-state index in [0.29, 0.717) is 23.7 Å². The van der Waals surface area contributed by atoms with Crippen LogP contribution < -0.4 is 0 Å². The van der Waals surface area contributed by atoms with E-state index in [2.05, 4.69) is 0 Å². The lowest BCUT2D eigenvalue weighted by molar-refractivity contribution is 0.0920. The zero-order valence-electron chi connectivity index (χ0n) is 10.3. The second-order valence-electron chi connectivity index (χ2n) is 3.76. The highest BCUT2D eigenvalue weighted by Crippen LogP contribution is 2.30. The summed E-state index contributed by atoms with van der Waals surface area (Å²) >= 11 is 17.7. The number of ketones is 1. The molecule has 19 heavy (non-hydrogen) atoms. The fraction of sp³-hybridized carbons (Fsp3) is 0.417. The zero-order valence-corrected chi connectivity index (χ0v) is 13.4. The molecule has 3 nitrogen and oxygen atoms in total. The Kier molecular flexibility index (Phi) is 8.99. The van der Waals surface area contributed by atoms with Gasteiger partial charge in [0, 0.05) is 17.1 Å². The molecule has 1 aromatic carbocycles. The second-order valence-corrected chi connectivity index (χ2v) is 4.99. The molecule has 0 spiro atoms. The number of aliphatic hydroxyl groups excluding tert-OH is 1. The predicted octanol–water partition coefficient (Wildman–Crippen LogP) is 3.57. The van der Waals surface area contributed by atoms with Gasteiger partial charge in [-0.1, -0.05) is 41.7 Å². The highest BCUT2D eigenvalue weighted by atomic mass is 35.5. The molecule has 108 valence electrons. The summed E-state index contributed by atoms with van der Waals surface area (Å²) in [4.78, 5) is 13.9. The van der Waals surface area contributed by atoms with E-state index in [0.717, 1.165) is 0 Å². The van der Waals surface area contributed by atoms with Crippen molar-refractivity contribution in [1.82, 2.24) is 4.90 Å². The van der Waals surface area contributed by atoms with E-state index in [1.54, 1.807) is 0 Å². The molecule has 1 aromatic rings. The van der Waals surface area contributed by atoms with E-state index >= 15 is 0 Å². The summed E-state index contributed by atoms with van der Waals surface area (Å²) in [6.45, 7) is 3.19. The van der Waals surface area contributed by atoms with Crippen molar-refractivity contribution in [3.8, 4) is 0 Å². The molecule has 0 fully saturated rings. The number of rotatable bonds is 6. The monoisotopic (exact) mass is 345 g/mol. The molecule has 0 amide bonds. The first-order valence-electron chi connectivity index (χ1n) is 5.50. The van der Waals surface area contributed by atoms with Gasteiger partial charge in [0.15, 0.2) is 5.78 Å². The summed E-state index contributed by atoms with van der Waals surface area (Å²) in [5, 5.41) is 9.72. The van der Waals surface area contributed by atoms with Gasteiger partial charge in [-0.3, -0.25) is 9.69 Å². The molecule has 0 aromatic heterocycles. The highest BCUT2D eigenvalue weighted by Gasteiger charge is 2.16. The van der Waals surface area contributed by atoms with Crippen LogP contribution in [-0.4, -0.2) is 42.0 Å². The van der Waals surface area contributed by atoms with Crippen LogP contribution in [-0.2, 0) is 0 Å². The largest absolute Gasteiger partial charge is 0.395 e. The van der Waals surface area contributed by atoms with Gasteiger partial charge in [0.05, 0.1) is 23.2 Å². The summed E-state index contributed by atoms with van der Waals surface area (Å²) in [7, 11) is 0. The van der Waals surface area contributed by atoms with Crippen molar-refractivity contribution in [2.45, 2.75) is 6.92 Å². The maximum atomic E-state index is 12.1. The summed E-state index contributed by atoms with van der Waals surface area (Å²) in [6.07, 6.45) is 0. The van der Waals surface area contributed by atoms with Gasteiger partial charge in [-0.2, -0.15) is 0 Å². The van der Waals surface area contributed by atoms with Gasteiger partial charge < -0.3 is 5.11 Å². The molecule has 0 aliphatic carbocycles. The first kappa shape index (κ1) is 19.0. The number of aliphatic hydroxyl groups is 1. The number of likely N-dealkylation sites (N-methyl/N-ethyl adjacent to an activating group) is 1. The van der Waals surface area contributed by atoms with Gasteiger partial charge in [-0.15, -0.1) is 12.4 Å². The quantitative estimate of drug-likeness (QED) is 0.632. The Morgan fingerprint density at radius 2 is 1.95 bits per heavy atom. The normalized spacial score (nSPS) is 10.4. The van der Waals surface area contributed by atoms with E-state index in [1.165, 1.54) is 12.1 Å². The van der Waals surface area contributed by atoms with E-state index in [9.17, 15) is 4.79 Å². The fourth-order valence-electron chi connectivity index (χ4n) is 1.54. The van der Waals surface area contributed by atoms with Gasteiger partial charge >= 0.3 is 0 Å². The van der Waals surface area contributed by atoms with Crippen LogP contribution in [0.5, 0.6) is 0 Å². The molecule has 0 aliphatic rings. The van der Waals surface area contributed by atoms with Crippen molar-refractivity contribution in [3.05, 3.63) is 32.8 Å². The van der Waals surface area contributed by atoms with Crippen LogP contribution in [0.3, 0.4) is 0 Å². The van der Waals surface area contributed by atoms with Crippen molar-refractivity contribution in [2.75, 3.05) is 26.2 Å². The van der Waals surface area contributed by atoms with Crippen LogP contribution in [0, 0.1) is 0 Å². The van der Waals surface area contributed by atoms with Gasteiger partial charge in [0.2, 0.25) is 0 Å².